The standard InChI is InChI=1S/C16H16N2O3S/c1-22(20,21)18-15(13-9-5-6-10-16(13)19)11-14(17-18)12-7-3-2-4-8-12/h2-10,15,19H,11H2,1H3/t15-/m1/s1. The highest BCUT2D eigenvalue weighted by atomic mass is 32.2. The first-order valence-electron chi connectivity index (χ1n) is 6.87. The summed E-state index contributed by atoms with van der Waals surface area (Å²) in [5, 5.41) is 14.3. The third-order valence-electron chi connectivity index (χ3n) is 3.62. The summed E-state index contributed by atoms with van der Waals surface area (Å²) in [6, 6.07) is 15.7. The molecule has 0 unspecified atom stereocenters. The minimum atomic E-state index is -3.52. The van der Waals surface area contributed by atoms with Crippen LogP contribution in [0.15, 0.2) is 59.7 Å². The molecule has 0 fully saturated rings. The van der Waals surface area contributed by atoms with E-state index in [9.17, 15) is 13.5 Å². The predicted molar refractivity (Wildman–Crippen MR) is 85.1 cm³/mol. The smallest absolute Gasteiger partial charge is 0.247 e. The highest BCUT2D eigenvalue weighted by molar-refractivity contribution is 7.88. The highest BCUT2D eigenvalue weighted by Gasteiger charge is 2.35. The van der Waals surface area contributed by atoms with Gasteiger partial charge in [-0.25, -0.2) is 8.42 Å². The minimum absolute atomic E-state index is 0.0747. The number of rotatable bonds is 3. The van der Waals surface area contributed by atoms with Gasteiger partial charge in [-0.3, -0.25) is 0 Å². The maximum absolute atomic E-state index is 12.0. The van der Waals surface area contributed by atoms with Gasteiger partial charge in [0.15, 0.2) is 0 Å². The molecule has 0 aromatic heterocycles. The topological polar surface area (TPSA) is 70.0 Å². The lowest BCUT2D eigenvalue weighted by atomic mass is 9.98. The van der Waals surface area contributed by atoms with E-state index in [1.54, 1.807) is 24.3 Å². The van der Waals surface area contributed by atoms with E-state index in [0.717, 1.165) is 16.2 Å². The molecule has 6 heteroatoms. The zero-order valence-corrected chi connectivity index (χ0v) is 12.9. The average Bonchev–Trinajstić information content (AvgIpc) is 2.94. The van der Waals surface area contributed by atoms with Gasteiger partial charge < -0.3 is 5.11 Å². The van der Waals surface area contributed by atoms with Gasteiger partial charge in [-0.15, -0.1) is 0 Å². The lowest BCUT2D eigenvalue weighted by molar-refractivity contribution is 0.361. The fourth-order valence-electron chi connectivity index (χ4n) is 2.60. The molecule has 114 valence electrons. The molecule has 0 amide bonds. The Hall–Kier alpha value is -2.34. The predicted octanol–water partition coefficient (Wildman–Crippen LogP) is 2.50. The van der Waals surface area contributed by atoms with Gasteiger partial charge in [0.2, 0.25) is 10.0 Å². The highest BCUT2D eigenvalue weighted by Crippen LogP contribution is 2.38. The van der Waals surface area contributed by atoms with Crippen LogP contribution in [0.1, 0.15) is 23.6 Å². The van der Waals surface area contributed by atoms with Crippen molar-refractivity contribution in [2.75, 3.05) is 6.26 Å². The van der Waals surface area contributed by atoms with E-state index in [0.29, 0.717) is 17.7 Å². The van der Waals surface area contributed by atoms with Crippen LogP contribution in [0.5, 0.6) is 5.75 Å². The minimum Gasteiger partial charge on any atom is -0.508 e. The Morgan fingerprint density at radius 1 is 1.09 bits per heavy atom. The lowest BCUT2D eigenvalue weighted by Gasteiger charge is -2.22. The number of hydrogen-bond donors (Lipinski definition) is 1. The van der Waals surface area contributed by atoms with E-state index < -0.39 is 16.1 Å². The molecule has 1 heterocycles. The Kier molecular flexibility index (Phi) is 3.62. The molecule has 1 atom stereocenters. The number of phenols is 1. The van der Waals surface area contributed by atoms with Gasteiger partial charge in [-0.2, -0.15) is 9.52 Å². The van der Waals surface area contributed by atoms with Crippen molar-refractivity contribution >= 4 is 15.7 Å². The number of nitrogens with zero attached hydrogens (tertiary/aromatic N) is 2. The van der Waals surface area contributed by atoms with Crippen LogP contribution < -0.4 is 0 Å². The molecule has 1 aliphatic heterocycles. The molecular weight excluding hydrogens is 300 g/mol. The van der Waals surface area contributed by atoms with Gasteiger partial charge in [0.1, 0.15) is 5.75 Å². The lowest BCUT2D eigenvalue weighted by Crippen LogP contribution is -2.25. The number of phenolic OH excluding ortho intramolecular Hbond substituents is 1. The molecule has 0 saturated carbocycles. The van der Waals surface area contributed by atoms with Crippen LogP contribution >= 0.6 is 0 Å². The zero-order valence-electron chi connectivity index (χ0n) is 12.0. The molecule has 0 aliphatic carbocycles. The number of hydrazone groups is 1. The van der Waals surface area contributed by atoms with E-state index in [4.69, 9.17) is 0 Å². The Morgan fingerprint density at radius 2 is 1.73 bits per heavy atom. The van der Waals surface area contributed by atoms with Crippen LogP contribution in [0.25, 0.3) is 0 Å². The third kappa shape index (κ3) is 2.69. The first-order chi connectivity index (χ1) is 10.5. The summed E-state index contributed by atoms with van der Waals surface area (Å²) < 4.78 is 25.2. The molecule has 0 radical (unpaired) electrons. The van der Waals surface area contributed by atoms with Gasteiger partial charge in [0.05, 0.1) is 18.0 Å². The quantitative estimate of drug-likeness (QED) is 0.946. The van der Waals surface area contributed by atoms with Crippen LogP contribution in [0.3, 0.4) is 0 Å². The van der Waals surface area contributed by atoms with Gasteiger partial charge in [0.25, 0.3) is 0 Å². The van der Waals surface area contributed by atoms with Crippen LogP contribution in [0.4, 0.5) is 0 Å². The molecule has 22 heavy (non-hydrogen) atoms. The fourth-order valence-corrected chi connectivity index (χ4v) is 3.50. The van der Waals surface area contributed by atoms with Crippen LogP contribution in [-0.4, -0.2) is 29.9 Å². The summed E-state index contributed by atoms with van der Waals surface area (Å²) in [5.41, 5.74) is 2.14. The first kappa shape index (κ1) is 14.6. The second kappa shape index (κ2) is 5.46. The molecule has 2 aromatic rings. The largest absolute Gasteiger partial charge is 0.508 e. The van der Waals surface area contributed by atoms with Crippen LogP contribution in [0.2, 0.25) is 0 Å². The van der Waals surface area contributed by atoms with Crippen molar-refractivity contribution in [1.29, 1.82) is 0 Å². The van der Waals surface area contributed by atoms with E-state index >= 15 is 0 Å². The molecule has 0 saturated heterocycles. The molecule has 3 rings (SSSR count). The van der Waals surface area contributed by atoms with Gasteiger partial charge in [-0.1, -0.05) is 48.5 Å². The molecule has 1 N–H and O–H groups in total. The molecule has 5 nitrogen and oxygen atoms in total. The van der Waals surface area contributed by atoms with Crippen molar-refractivity contribution in [3.63, 3.8) is 0 Å². The maximum atomic E-state index is 12.0. The Labute approximate surface area is 129 Å². The molecule has 0 spiro atoms. The number of sulfonamides is 1. The second-order valence-corrected chi connectivity index (χ2v) is 7.07. The summed E-state index contributed by atoms with van der Waals surface area (Å²) in [6.45, 7) is 0. The molecule has 1 aliphatic rings. The van der Waals surface area contributed by atoms with E-state index in [2.05, 4.69) is 5.10 Å². The molecular formula is C16H16N2O3S. The zero-order chi connectivity index (χ0) is 15.7. The van der Waals surface area contributed by atoms with Crippen molar-refractivity contribution in [3.8, 4) is 5.75 Å². The third-order valence-corrected chi connectivity index (χ3v) is 4.63. The number of aromatic hydroxyl groups is 1. The number of para-hydroxylation sites is 1. The van der Waals surface area contributed by atoms with Crippen LogP contribution in [0, 0.1) is 0 Å². The van der Waals surface area contributed by atoms with E-state index in [-0.39, 0.29) is 5.75 Å². The number of hydrogen-bond acceptors (Lipinski definition) is 4. The maximum Gasteiger partial charge on any atom is 0.247 e. The monoisotopic (exact) mass is 316 g/mol. The normalized spacial score (nSPS) is 18.3. The van der Waals surface area contributed by atoms with Crippen molar-refractivity contribution in [2.24, 2.45) is 5.10 Å². The van der Waals surface area contributed by atoms with Gasteiger partial charge in [0, 0.05) is 12.0 Å². The van der Waals surface area contributed by atoms with Crippen molar-refractivity contribution in [3.05, 3.63) is 65.7 Å². The first-order valence-corrected chi connectivity index (χ1v) is 8.72. The van der Waals surface area contributed by atoms with Gasteiger partial charge in [-0.05, 0) is 11.6 Å². The average molecular weight is 316 g/mol. The molecule has 2 aromatic carbocycles. The fraction of sp³-hybridized carbons (Fsp3) is 0.188. The van der Waals surface area contributed by atoms with Crippen LogP contribution in [-0.2, 0) is 10.0 Å². The Bertz CT molecular complexity index is 816. The molecule has 0 bridgehead atoms. The summed E-state index contributed by atoms with van der Waals surface area (Å²) >= 11 is 0. The van der Waals surface area contributed by atoms with Crippen molar-refractivity contribution in [2.45, 2.75) is 12.5 Å². The Morgan fingerprint density at radius 3 is 2.36 bits per heavy atom. The Balaban J connectivity index is 2.04. The van der Waals surface area contributed by atoms with Crippen molar-refractivity contribution in [1.82, 2.24) is 4.41 Å². The summed E-state index contributed by atoms with van der Waals surface area (Å²) in [6.07, 6.45) is 1.55. The van der Waals surface area contributed by atoms with E-state index in [1.165, 1.54) is 0 Å². The second-order valence-electron chi connectivity index (χ2n) is 5.23. The van der Waals surface area contributed by atoms with E-state index in [1.807, 2.05) is 30.3 Å². The summed E-state index contributed by atoms with van der Waals surface area (Å²) in [7, 11) is -3.52. The summed E-state index contributed by atoms with van der Waals surface area (Å²) in [4.78, 5) is 0. The van der Waals surface area contributed by atoms with Crippen molar-refractivity contribution < 1.29 is 13.5 Å². The SMILES string of the molecule is CS(=O)(=O)N1N=C(c2ccccc2)C[C@@H]1c1ccccc1O. The number of benzene rings is 2. The van der Waals surface area contributed by atoms with Gasteiger partial charge >= 0.3 is 0 Å². The summed E-state index contributed by atoms with van der Waals surface area (Å²) in [5.74, 6) is 0.0747.